The zero-order valence-electron chi connectivity index (χ0n) is 17.1. The molecule has 0 saturated heterocycles. The van der Waals surface area contributed by atoms with E-state index in [9.17, 15) is 0 Å². The van der Waals surface area contributed by atoms with Gasteiger partial charge in [0.05, 0.1) is 6.54 Å². The number of ether oxygens (including phenoxy) is 1. The Bertz CT molecular complexity index is 753. The molecule has 0 atom stereocenters. The monoisotopic (exact) mass is 384 g/mol. The topological polar surface area (TPSA) is 76.4 Å². The lowest BCUT2D eigenvalue weighted by atomic mass is 10.2. The first kappa shape index (κ1) is 20.2. The van der Waals surface area contributed by atoms with Crippen molar-refractivity contribution in [1.29, 1.82) is 0 Å². The summed E-state index contributed by atoms with van der Waals surface area (Å²) < 4.78 is 8.05. The molecule has 1 aliphatic heterocycles. The molecule has 1 aromatic carbocycles. The van der Waals surface area contributed by atoms with Gasteiger partial charge < -0.3 is 19.9 Å². The Morgan fingerprint density at radius 1 is 1.14 bits per heavy atom. The number of benzene rings is 1. The molecule has 28 heavy (non-hydrogen) atoms. The molecule has 0 saturated carbocycles. The van der Waals surface area contributed by atoms with E-state index < -0.39 is 0 Å². The maximum absolute atomic E-state index is 5.76. The van der Waals surface area contributed by atoms with Crippen LogP contribution in [0.1, 0.15) is 43.4 Å². The van der Waals surface area contributed by atoms with Gasteiger partial charge in [-0.05, 0) is 38.8 Å². The fraction of sp³-hybridized carbons (Fsp3) is 0.571. The highest BCUT2D eigenvalue weighted by Gasteiger charge is 2.14. The van der Waals surface area contributed by atoms with Crippen molar-refractivity contribution in [2.75, 3.05) is 26.2 Å². The van der Waals surface area contributed by atoms with E-state index in [1.165, 1.54) is 24.8 Å². The smallest absolute Gasteiger partial charge is 0.191 e. The largest absolute Gasteiger partial charge is 0.492 e. The van der Waals surface area contributed by atoms with Crippen LogP contribution in [0.15, 0.2) is 29.3 Å². The van der Waals surface area contributed by atoms with Crippen LogP contribution >= 0.6 is 0 Å². The van der Waals surface area contributed by atoms with Crippen LogP contribution in [0.3, 0.4) is 0 Å². The zero-order valence-corrected chi connectivity index (χ0v) is 17.1. The molecule has 2 heterocycles. The summed E-state index contributed by atoms with van der Waals surface area (Å²) in [5, 5.41) is 15.4. The number of nitrogens with zero attached hydrogens (tertiary/aromatic N) is 4. The Labute approximate surface area is 167 Å². The number of nitrogens with one attached hydrogen (secondary N) is 2. The number of guanidine groups is 1. The molecule has 7 heteroatoms. The predicted molar refractivity (Wildman–Crippen MR) is 112 cm³/mol. The average molecular weight is 385 g/mol. The molecule has 0 radical (unpaired) electrons. The van der Waals surface area contributed by atoms with E-state index in [4.69, 9.17) is 4.74 Å². The van der Waals surface area contributed by atoms with Gasteiger partial charge in [-0.2, -0.15) is 0 Å². The number of aromatic nitrogens is 3. The van der Waals surface area contributed by atoms with E-state index >= 15 is 0 Å². The van der Waals surface area contributed by atoms with Crippen molar-refractivity contribution in [3.63, 3.8) is 0 Å². The molecule has 1 aliphatic rings. The Kier molecular flexibility index (Phi) is 7.70. The van der Waals surface area contributed by atoms with Gasteiger partial charge in [0.25, 0.3) is 0 Å². The van der Waals surface area contributed by atoms with Gasteiger partial charge in [0.1, 0.15) is 24.0 Å². The van der Waals surface area contributed by atoms with Gasteiger partial charge in [-0.25, -0.2) is 0 Å². The molecule has 1 aromatic heterocycles. The Hall–Kier alpha value is -2.57. The Morgan fingerprint density at radius 3 is 2.82 bits per heavy atom. The van der Waals surface area contributed by atoms with Crippen LogP contribution in [0.25, 0.3) is 0 Å². The van der Waals surface area contributed by atoms with Gasteiger partial charge in [0.15, 0.2) is 5.96 Å². The van der Waals surface area contributed by atoms with Gasteiger partial charge in [-0.3, -0.25) is 4.99 Å². The zero-order chi connectivity index (χ0) is 19.6. The van der Waals surface area contributed by atoms with Crippen molar-refractivity contribution in [2.24, 2.45) is 4.99 Å². The van der Waals surface area contributed by atoms with Crippen LogP contribution in [-0.4, -0.2) is 47.0 Å². The average Bonchev–Trinajstić information content (AvgIpc) is 2.93. The third kappa shape index (κ3) is 5.97. The first-order valence-corrected chi connectivity index (χ1v) is 10.4. The second-order valence-electron chi connectivity index (χ2n) is 7.09. The lowest BCUT2D eigenvalue weighted by Gasteiger charge is -2.12. The molecule has 3 rings (SSSR count). The lowest BCUT2D eigenvalue weighted by molar-refractivity contribution is 0.322. The lowest BCUT2D eigenvalue weighted by Crippen LogP contribution is -2.39. The number of fused-ring (bicyclic) bond motifs is 1. The summed E-state index contributed by atoms with van der Waals surface area (Å²) >= 11 is 0. The van der Waals surface area contributed by atoms with Crippen molar-refractivity contribution in [2.45, 2.75) is 52.5 Å². The fourth-order valence-electron chi connectivity index (χ4n) is 3.31. The van der Waals surface area contributed by atoms with E-state index in [2.05, 4.69) is 56.4 Å². The molecule has 152 valence electrons. The second kappa shape index (κ2) is 10.7. The molecule has 7 nitrogen and oxygen atoms in total. The highest BCUT2D eigenvalue weighted by molar-refractivity contribution is 5.79. The third-order valence-electron chi connectivity index (χ3n) is 4.82. The SMILES string of the molecule is CCNC(=NCCc1nnc2n1CCCCC2)NCCOc1ccc(C)cc1. The Balaban J connectivity index is 1.45. The molecule has 0 fully saturated rings. The van der Waals surface area contributed by atoms with E-state index in [-0.39, 0.29) is 0 Å². The van der Waals surface area contributed by atoms with E-state index in [0.29, 0.717) is 19.7 Å². The maximum atomic E-state index is 5.76. The molecule has 0 aliphatic carbocycles. The highest BCUT2D eigenvalue weighted by Crippen LogP contribution is 2.14. The minimum atomic E-state index is 0.588. The van der Waals surface area contributed by atoms with Gasteiger partial charge in [0, 0.05) is 32.5 Å². The molecule has 0 amide bonds. The van der Waals surface area contributed by atoms with Crippen LogP contribution in [0.5, 0.6) is 5.75 Å². The number of aliphatic imine (C=N–C) groups is 1. The van der Waals surface area contributed by atoms with E-state index in [0.717, 1.165) is 49.3 Å². The van der Waals surface area contributed by atoms with Crippen molar-refractivity contribution in [1.82, 2.24) is 25.4 Å². The highest BCUT2D eigenvalue weighted by atomic mass is 16.5. The maximum Gasteiger partial charge on any atom is 0.191 e. The van der Waals surface area contributed by atoms with Gasteiger partial charge in [-0.15, -0.1) is 10.2 Å². The van der Waals surface area contributed by atoms with Crippen LogP contribution in [-0.2, 0) is 19.4 Å². The molecule has 0 unspecified atom stereocenters. The van der Waals surface area contributed by atoms with Crippen LogP contribution in [0, 0.1) is 6.92 Å². The summed E-state index contributed by atoms with van der Waals surface area (Å²) in [7, 11) is 0. The van der Waals surface area contributed by atoms with Gasteiger partial charge >= 0.3 is 0 Å². The first-order chi connectivity index (χ1) is 13.8. The number of hydrogen-bond acceptors (Lipinski definition) is 4. The normalized spacial score (nSPS) is 14.3. The van der Waals surface area contributed by atoms with Crippen LogP contribution in [0.2, 0.25) is 0 Å². The van der Waals surface area contributed by atoms with Gasteiger partial charge in [0.2, 0.25) is 0 Å². The van der Waals surface area contributed by atoms with Crippen molar-refractivity contribution in [3.05, 3.63) is 41.5 Å². The van der Waals surface area contributed by atoms with Crippen molar-refractivity contribution < 1.29 is 4.74 Å². The van der Waals surface area contributed by atoms with Gasteiger partial charge in [-0.1, -0.05) is 24.1 Å². The summed E-state index contributed by atoms with van der Waals surface area (Å²) in [4.78, 5) is 4.67. The Morgan fingerprint density at radius 2 is 2.00 bits per heavy atom. The first-order valence-electron chi connectivity index (χ1n) is 10.4. The molecule has 0 bridgehead atoms. The van der Waals surface area contributed by atoms with Crippen LogP contribution in [0.4, 0.5) is 0 Å². The number of aryl methyl sites for hydroxylation is 2. The summed E-state index contributed by atoms with van der Waals surface area (Å²) in [6, 6.07) is 8.10. The summed E-state index contributed by atoms with van der Waals surface area (Å²) in [6.45, 7) is 7.97. The number of rotatable bonds is 8. The molecule has 0 spiro atoms. The van der Waals surface area contributed by atoms with Crippen molar-refractivity contribution in [3.8, 4) is 5.75 Å². The molecule has 2 aromatic rings. The minimum absolute atomic E-state index is 0.588. The molecular formula is C21H32N6O. The third-order valence-corrected chi connectivity index (χ3v) is 4.82. The summed E-state index contributed by atoms with van der Waals surface area (Å²) in [5.41, 5.74) is 1.23. The summed E-state index contributed by atoms with van der Waals surface area (Å²) in [6.07, 6.45) is 5.56. The quantitative estimate of drug-likeness (QED) is 0.415. The molecular weight excluding hydrogens is 352 g/mol. The minimum Gasteiger partial charge on any atom is -0.492 e. The van der Waals surface area contributed by atoms with E-state index in [1.54, 1.807) is 0 Å². The second-order valence-corrected chi connectivity index (χ2v) is 7.09. The number of hydrogen-bond donors (Lipinski definition) is 2. The predicted octanol–water partition coefficient (Wildman–Crippen LogP) is 2.49. The van der Waals surface area contributed by atoms with E-state index in [1.807, 2.05) is 12.1 Å². The van der Waals surface area contributed by atoms with Crippen LogP contribution < -0.4 is 15.4 Å². The fourth-order valence-corrected chi connectivity index (χ4v) is 3.31. The standard InChI is InChI=1S/C21H32N6O/c1-3-22-21(24-14-16-28-18-10-8-17(2)9-11-18)23-13-12-20-26-25-19-7-5-4-6-15-27(19)20/h8-11H,3-7,12-16H2,1-2H3,(H2,22,23,24). The van der Waals surface area contributed by atoms with Crippen molar-refractivity contribution >= 4 is 5.96 Å². The molecule has 2 N–H and O–H groups in total. The summed E-state index contributed by atoms with van der Waals surface area (Å²) in [5.74, 6) is 3.89.